The second-order valence-corrected chi connectivity index (χ2v) is 4.36. The lowest BCUT2D eigenvalue weighted by molar-refractivity contribution is -0.122. The average molecular weight is 234 g/mol. The van der Waals surface area contributed by atoms with Gasteiger partial charge in [-0.1, -0.05) is 32.9 Å². The summed E-state index contributed by atoms with van der Waals surface area (Å²) in [7, 11) is 0. The Bertz CT molecular complexity index is 376. The molecule has 0 aliphatic heterocycles. The van der Waals surface area contributed by atoms with Crippen molar-refractivity contribution in [2.24, 2.45) is 5.92 Å². The van der Waals surface area contributed by atoms with Gasteiger partial charge in [0, 0.05) is 12.5 Å². The van der Waals surface area contributed by atoms with E-state index in [0.717, 1.165) is 25.1 Å². The second-order valence-electron chi connectivity index (χ2n) is 4.36. The fourth-order valence-corrected chi connectivity index (χ4v) is 1.75. The van der Waals surface area contributed by atoms with E-state index >= 15 is 0 Å². The minimum absolute atomic E-state index is 0.0427. The summed E-state index contributed by atoms with van der Waals surface area (Å²) in [5, 5.41) is 0. The van der Waals surface area contributed by atoms with Crippen LogP contribution in [0, 0.1) is 5.92 Å². The van der Waals surface area contributed by atoms with Crippen molar-refractivity contribution < 1.29 is 4.79 Å². The molecule has 0 spiro atoms. The predicted molar refractivity (Wildman–Crippen MR) is 73.0 cm³/mol. The van der Waals surface area contributed by atoms with Gasteiger partial charge in [-0.3, -0.25) is 4.79 Å². The first-order valence-corrected chi connectivity index (χ1v) is 6.27. The number of anilines is 2. The maximum absolute atomic E-state index is 12.3. The number of rotatable bonds is 5. The average Bonchev–Trinajstić information content (AvgIpc) is 2.35. The molecule has 1 atom stereocenters. The molecular formula is C14H22N2O. The van der Waals surface area contributed by atoms with Crippen molar-refractivity contribution in [1.29, 1.82) is 0 Å². The minimum Gasteiger partial charge on any atom is -0.397 e. The number of nitrogens with zero attached hydrogens (tertiary/aromatic N) is 1. The lowest BCUT2D eigenvalue weighted by Crippen LogP contribution is -2.36. The zero-order valence-corrected chi connectivity index (χ0v) is 10.9. The molecule has 0 saturated heterocycles. The van der Waals surface area contributed by atoms with Gasteiger partial charge in [0.15, 0.2) is 0 Å². The maximum atomic E-state index is 12.3. The number of carbonyl (C=O) groups is 1. The van der Waals surface area contributed by atoms with Gasteiger partial charge in [0.25, 0.3) is 0 Å². The van der Waals surface area contributed by atoms with Gasteiger partial charge in [0.05, 0.1) is 11.4 Å². The molecule has 1 aromatic carbocycles. The molecule has 17 heavy (non-hydrogen) atoms. The first-order valence-electron chi connectivity index (χ1n) is 6.27. The number of hydrogen-bond donors (Lipinski definition) is 1. The van der Waals surface area contributed by atoms with E-state index in [4.69, 9.17) is 5.73 Å². The molecule has 1 aromatic rings. The molecule has 1 rings (SSSR count). The van der Waals surface area contributed by atoms with E-state index in [1.807, 2.05) is 43.0 Å². The van der Waals surface area contributed by atoms with Crippen LogP contribution in [-0.2, 0) is 4.79 Å². The molecule has 1 unspecified atom stereocenters. The molecule has 0 radical (unpaired) electrons. The summed E-state index contributed by atoms with van der Waals surface area (Å²) in [4.78, 5) is 14.1. The van der Waals surface area contributed by atoms with Crippen LogP contribution in [0.15, 0.2) is 24.3 Å². The van der Waals surface area contributed by atoms with Crippen molar-refractivity contribution in [2.75, 3.05) is 17.2 Å². The lowest BCUT2D eigenvalue weighted by Gasteiger charge is -2.26. The summed E-state index contributed by atoms with van der Waals surface area (Å²) in [6, 6.07) is 7.54. The molecule has 3 heteroatoms. The van der Waals surface area contributed by atoms with Gasteiger partial charge in [0.1, 0.15) is 0 Å². The molecule has 94 valence electrons. The van der Waals surface area contributed by atoms with Gasteiger partial charge >= 0.3 is 0 Å². The summed E-state index contributed by atoms with van der Waals surface area (Å²) in [5.41, 5.74) is 7.43. The van der Waals surface area contributed by atoms with E-state index in [-0.39, 0.29) is 11.8 Å². The summed E-state index contributed by atoms with van der Waals surface area (Å²) in [6.45, 7) is 6.78. The maximum Gasteiger partial charge on any atom is 0.229 e. The molecule has 0 bridgehead atoms. The highest BCUT2D eigenvalue weighted by atomic mass is 16.2. The zero-order valence-electron chi connectivity index (χ0n) is 10.9. The topological polar surface area (TPSA) is 46.3 Å². The van der Waals surface area contributed by atoms with Crippen LogP contribution in [0.2, 0.25) is 0 Å². The van der Waals surface area contributed by atoms with E-state index in [1.54, 1.807) is 0 Å². The number of amides is 1. The van der Waals surface area contributed by atoms with Crippen molar-refractivity contribution in [3.63, 3.8) is 0 Å². The third kappa shape index (κ3) is 3.22. The van der Waals surface area contributed by atoms with Gasteiger partial charge in [-0.2, -0.15) is 0 Å². The molecule has 0 saturated carbocycles. The Morgan fingerprint density at radius 1 is 1.35 bits per heavy atom. The SMILES string of the molecule is CCCN(C(=O)C(C)CC)c1ccccc1N. The van der Waals surface area contributed by atoms with E-state index in [1.165, 1.54) is 0 Å². The van der Waals surface area contributed by atoms with Gasteiger partial charge in [0.2, 0.25) is 5.91 Å². The molecule has 3 nitrogen and oxygen atoms in total. The van der Waals surface area contributed by atoms with Crippen LogP contribution in [0.1, 0.15) is 33.6 Å². The Morgan fingerprint density at radius 3 is 2.53 bits per heavy atom. The van der Waals surface area contributed by atoms with E-state index in [9.17, 15) is 4.79 Å². The van der Waals surface area contributed by atoms with Crippen molar-refractivity contribution in [1.82, 2.24) is 0 Å². The Kier molecular flexibility index (Phi) is 5.01. The number of nitrogen functional groups attached to an aromatic ring is 1. The number of para-hydroxylation sites is 2. The van der Waals surface area contributed by atoms with E-state index in [0.29, 0.717) is 5.69 Å². The van der Waals surface area contributed by atoms with Crippen molar-refractivity contribution in [3.8, 4) is 0 Å². The molecule has 0 aromatic heterocycles. The Labute approximate surface area is 104 Å². The molecule has 0 fully saturated rings. The van der Waals surface area contributed by atoms with Crippen molar-refractivity contribution in [2.45, 2.75) is 33.6 Å². The van der Waals surface area contributed by atoms with Gasteiger partial charge in [-0.25, -0.2) is 0 Å². The molecule has 0 heterocycles. The Hall–Kier alpha value is -1.51. The standard InChI is InChI=1S/C14H22N2O/c1-4-10-16(14(17)11(3)5-2)13-9-7-6-8-12(13)15/h6-9,11H,4-5,10,15H2,1-3H3. The second kappa shape index (κ2) is 6.28. The van der Waals surface area contributed by atoms with Crippen LogP contribution in [0.3, 0.4) is 0 Å². The van der Waals surface area contributed by atoms with Crippen molar-refractivity contribution >= 4 is 17.3 Å². The fraction of sp³-hybridized carbons (Fsp3) is 0.500. The highest BCUT2D eigenvalue weighted by Gasteiger charge is 2.21. The van der Waals surface area contributed by atoms with Crippen LogP contribution in [-0.4, -0.2) is 12.5 Å². The molecule has 1 amide bonds. The Morgan fingerprint density at radius 2 is 2.00 bits per heavy atom. The number of carbonyl (C=O) groups excluding carboxylic acids is 1. The number of benzene rings is 1. The van der Waals surface area contributed by atoms with Crippen LogP contribution < -0.4 is 10.6 Å². The van der Waals surface area contributed by atoms with Crippen LogP contribution in [0.25, 0.3) is 0 Å². The smallest absolute Gasteiger partial charge is 0.229 e. The monoisotopic (exact) mass is 234 g/mol. The van der Waals surface area contributed by atoms with Gasteiger partial charge in [-0.05, 0) is 25.0 Å². The Balaban J connectivity index is 3.01. The summed E-state index contributed by atoms with van der Waals surface area (Å²) in [5.74, 6) is 0.202. The van der Waals surface area contributed by atoms with Crippen molar-refractivity contribution in [3.05, 3.63) is 24.3 Å². The number of nitrogens with two attached hydrogens (primary N) is 1. The molecule has 0 aliphatic rings. The van der Waals surface area contributed by atoms with Crippen LogP contribution >= 0.6 is 0 Å². The largest absolute Gasteiger partial charge is 0.397 e. The van der Waals surface area contributed by atoms with E-state index in [2.05, 4.69) is 6.92 Å². The van der Waals surface area contributed by atoms with E-state index < -0.39 is 0 Å². The first kappa shape index (κ1) is 13.6. The highest BCUT2D eigenvalue weighted by molar-refractivity contribution is 5.97. The number of hydrogen-bond acceptors (Lipinski definition) is 2. The summed E-state index contributed by atoms with van der Waals surface area (Å²) < 4.78 is 0. The summed E-state index contributed by atoms with van der Waals surface area (Å²) >= 11 is 0. The lowest BCUT2D eigenvalue weighted by atomic mass is 10.1. The quantitative estimate of drug-likeness (QED) is 0.796. The molecular weight excluding hydrogens is 212 g/mol. The van der Waals surface area contributed by atoms with Crippen LogP contribution in [0.4, 0.5) is 11.4 Å². The van der Waals surface area contributed by atoms with Gasteiger partial charge < -0.3 is 10.6 Å². The third-order valence-electron chi connectivity index (χ3n) is 2.97. The molecule has 2 N–H and O–H groups in total. The predicted octanol–water partition coefficient (Wildman–Crippen LogP) is 3.06. The minimum atomic E-state index is 0.0427. The normalized spacial score (nSPS) is 12.2. The summed E-state index contributed by atoms with van der Waals surface area (Å²) in [6.07, 6.45) is 1.78. The zero-order chi connectivity index (χ0) is 12.8. The third-order valence-corrected chi connectivity index (χ3v) is 2.97. The highest BCUT2D eigenvalue weighted by Crippen LogP contribution is 2.24. The fourth-order valence-electron chi connectivity index (χ4n) is 1.75. The van der Waals surface area contributed by atoms with Gasteiger partial charge in [-0.15, -0.1) is 0 Å². The molecule has 0 aliphatic carbocycles. The first-order chi connectivity index (χ1) is 8.11. The van der Waals surface area contributed by atoms with Crippen LogP contribution in [0.5, 0.6) is 0 Å².